The summed E-state index contributed by atoms with van der Waals surface area (Å²) < 4.78 is 24.1. The van der Waals surface area contributed by atoms with Gasteiger partial charge in [0.05, 0.1) is 6.26 Å². The van der Waals surface area contributed by atoms with Crippen LogP contribution in [0.2, 0.25) is 0 Å². The van der Waals surface area contributed by atoms with Crippen molar-refractivity contribution in [3.05, 3.63) is 35.4 Å². The number of carbonyl (C=O) groups excluding carboxylic acids is 1. The maximum Gasteiger partial charge on any atom is 0.251 e. The average molecular weight is 256 g/mol. The SMILES string of the molecule is CNC(=O)c1cccc(CCNS(C)(=O)=O)c1. The van der Waals surface area contributed by atoms with Gasteiger partial charge in [0.2, 0.25) is 10.0 Å². The number of amides is 1. The van der Waals surface area contributed by atoms with Gasteiger partial charge in [-0.15, -0.1) is 0 Å². The molecule has 0 aliphatic heterocycles. The second kappa shape index (κ2) is 5.79. The summed E-state index contributed by atoms with van der Waals surface area (Å²) >= 11 is 0. The van der Waals surface area contributed by atoms with Crippen molar-refractivity contribution in [3.63, 3.8) is 0 Å². The number of carbonyl (C=O) groups is 1. The molecule has 0 saturated carbocycles. The molecule has 2 N–H and O–H groups in total. The molecule has 0 unspecified atom stereocenters. The van der Waals surface area contributed by atoms with Crippen molar-refractivity contribution in [2.24, 2.45) is 0 Å². The number of sulfonamides is 1. The highest BCUT2D eigenvalue weighted by molar-refractivity contribution is 7.88. The molecule has 0 spiro atoms. The van der Waals surface area contributed by atoms with Gasteiger partial charge in [0.1, 0.15) is 0 Å². The molecule has 1 aromatic carbocycles. The van der Waals surface area contributed by atoms with Crippen molar-refractivity contribution in [2.45, 2.75) is 6.42 Å². The lowest BCUT2D eigenvalue weighted by molar-refractivity contribution is 0.0963. The molecular weight excluding hydrogens is 240 g/mol. The lowest BCUT2D eigenvalue weighted by atomic mass is 10.1. The van der Waals surface area contributed by atoms with Crippen LogP contribution in [0, 0.1) is 0 Å². The van der Waals surface area contributed by atoms with Gasteiger partial charge in [0.25, 0.3) is 5.91 Å². The quantitative estimate of drug-likeness (QED) is 0.786. The fourth-order valence-corrected chi connectivity index (χ4v) is 1.87. The van der Waals surface area contributed by atoms with Crippen molar-refractivity contribution in [3.8, 4) is 0 Å². The second-order valence-corrected chi connectivity index (χ2v) is 5.53. The van der Waals surface area contributed by atoms with E-state index in [0.717, 1.165) is 11.8 Å². The lowest BCUT2D eigenvalue weighted by Gasteiger charge is -2.05. The van der Waals surface area contributed by atoms with Crippen LogP contribution in [0.25, 0.3) is 0 Å². The van der Waals surface area contributed by atoms with Gasteiger partial charge in [-0.25, -0.2) is 13.1 Å². The average Bonchev–Trinajstić information content (AvgIpc) is 2.27. The van der Waals surface area contributed by atoms with Gasteiger partial charge in [-0.2, -0.15) is 0 Å². The molecule has 0 fully saturated rings. The van der Waals surface area contributed by atoms with Crippen LogP contribution < -0.4 is 10.0 Å². The third-order valence-electron chi connectivity index (χ3n) is 2.19. The summed E-state index contributed by atoms with van der Waals surface area (Å²) in [4.78, 5) is 11.4. The molecule has 0 aromatic heterocycles. The predicted molar refractivity (Wildman–Crippen MR) is 66.4 cm³/mol. The van der Waals surface area contributed by atoms with Crippen LogP contribution in [0.3, 0.4) is 0 Å². The van der Waals surface area contributed by atoms with E-state index < -0.39 is 10.0 Å². The standard InChI is InChI=1S/C11H16N2O3S/c1-12-11(14)10-5-3-4-9(8-10)6-7-13-17(2,15)16/h3-5,8,13H,6-7H2,1-2H3,(H,12,14). The molecule has 0 aliphatic rings. The molecule has 1 aromatic rings. The van der Waals surface area contributed by atoms with Crippen LogP contribution in [0.1, 0.15) is 15.9 Å². The molecule has 1 amide bonds. The molecule has 94 valence electrons. The van der Waals surface area contributed by atoms with Crippen LogP contribution in [0.5, 0.6) is 0 Å². The van der Waals surface area contributed by atoms with Crippen LogP contribution >= 0.6 is 0 Å². The first-order chi connectivity index (χ1) is 7.92. The minimum atomic E-state index is -3.15. The van der Waals surface area contributed by atoms with Crippen molar-refractivity contribution < 1.29 is 13.2 Å². The van der Waals surface area contributed by atoms with Crippen LogP contribution in [0.4, 0.5) is 0 Å². The first-order valence-electron chi connectivity index (χ1n) is 5.18. The molecule has 0 radical (unpaired) electrons. The first kappa shape index (κ1) is 13.7. The largest absolute Gasteiger partial charge is 0.355 e. The van der Waals surface area contributed by atoms with Crippen LogP contribution in [-0.2, 0) is 16.4 Å². The van der Waals surface area contributed by atoms with Gasteiger partial charge < -0.3 is 5.32 Å². The van der Waals surface area contributed by atoms with Crippen molar-refractivity contribution in [2.75, 3.05) is 19.8 Å². The maximum atomic E-state index is 11.4. The van der Waals surface area contributed by atoms with E-state index in [0.29, 0.717) is 18.5 Å². The molecule has 0 saturated heterocycles. The van der Waals surface area contributed by atoms with Crippen molar-refractivity contribution >= 4 is 15.9 Å². The summed E-state index contributed by atoms with van der Waals surface area (Å²) in [6.45, 7) is 0.329. The van der Waals surface area contributed by atoms with E-state index in [9.17, 15) is 13.2 Å². The molecule has 17 heavy (non-hydrogen) atoms. The van der Waals surface area contributed by atoms with E-state index in [2.05, 4.69) is 10.0 Å². The zero-order valence-corrected chi connectivity index (χ0v) is 10.7. The van der Waals surface area contributed by atoms with Gasteiger partial charge in [-0.3, -0.25) is 4.79 Å². The zero-order valence-electron chi connectivity index (χ0n) is 9.86. The highest BCUT2D eigenvalue weighted by Crippen LogP contribution is 2.05. The molecule has 5 nitrogen and oxygen atoms in total. The van der Waals surface area contributed by atoms with Crippen LogP contribution in [0.15, 0.2) is 24.3 Å². The second-order valence-electron chi connectivity index (χ2n) is 3.70. The Morgan fingerprint density at radius 3 is 2.65 bits per heavy atom. The van der Waals surface area contributed by atoms with E-state index in [4.69, 9.17) is 0 Å². The topological polar surface area (TPSA) is 75.3 Å². The van der Waals surface area contributed by atoms with E-state index >= 15 is 0 Å². The first-order valence-corrected chi connectivity index (χ1v) is 7.07. The Labute approximate surface area is 101 Å². The Morgan fingerprint density at radius 1 is 1.35 bits per heavy atom. The summed E-state index contributed by atoms with van der Waals surface area (Å²) in [6, 6.07) is 7.10. The fraction of sp³-hybridized carbons (Fsp3) is 0.364. The minimum Gasteiger partial charge on any atom is -0.355 e. The summed E-state index contributed by atoms with van der Waals surface area (Å²) in [5, 5.41) is 2.54. The van der Waals surface area contributed by atoms with Crippen molar-refractivity contribution in [1.82, 2.24) is 10.0 Å². The Morgan fingerprint density at radius 2 is 2.06 bits per heavy atom. The third kappa shape index (κ3) is 4.97. The highest BCUT2D eigenvalue weighted by Gasteiger charge is 2.04. The Balaban J connectivity index is 2.63. The molecule has 6 heteroatoms. The molecule has 0 aliphatic carbocycles. The van der Waals surface area contributed by atoms with E-state index in [-0.39, 0.29) is 5.91 Å². The Bertz CT molecular complexity index is 497. The van der Waals surface area contributed by atoms with Gasteiger partial charge in [-0.1, -0.05) is 12.1 Å². The van der Waals surface area contributed by atoms with Gasteiger partial charge in [0, 0.05) is 19.2 Å². The fourth-order valence-electron chi connectivity index (χ4n) is 1.39. The zero-order chi connectivity index (χ0) is 12.9. The summed E-state index contributed by atoms with van der Waals surface area (Å²) in [5.74, 6) is -0.150. The van der Waals surface area contributed by atoms with E-state index in [1.54, 1.807) is 25.2 Å². The number of nitrogens with one attached hydrogen (secondary N) is 2. The predicted octanol–water partition coefficient (Wildman–Crippen LogP) is 0.138. The minimum absolute atomic E-state index is 0.150. The Hall–Kier alpha value is -1.40. The lowest BCUT2D eigenvalue weighted by Crippen LogP contribution is -2.24. The molecule has 0 bridgehead atoms. The van der Waals surface area contributed by atoms with Gasteiger partial charge in [0.15, 0.2) is 0 Å². The number of hydrogen-bond donors (Lipinski definition) is 2. The summed E-state index contributed by atoms with van der Waals surface area (Å²) in [5.41, 5.74) is 1.49. The summed E-state index contributed by atoms with van der Waals surface area (Å²) in [6.07, 6.45) is 1.67. The normalized spacial score (nSPS) is 11.2. The molecule has 0 heterocycles. The van der Waals surface area contributed by atoms with Crippen LogP contribution in [-0.4, -0.2) is 34.2 Å². The molecule has 1 rings (SSSR count). The number of hydrogen-bond acceptors (Lipinski definition) is 3. The van der Waals surface area contributed by atoms with E-state index in [1.165, 1.54) is 0 Å². The third-order valence-corrected chi connectivity index (χ3v) is 2.92. The van der Waals surface area contributed by atoms with Gasteiger partial charge >= 0.3 is 0 Å². The smallest absolute Gasteiger partial charge is 0.251 e. The van der Waals surface area contributed by atoms with Crippen molar-refractivity contribution in [1.29, 1.82) is 0 Å². The monoisotopic (exact) mass is 256 g/mol. The Kier molecular flexibility index (Phi) is 4.65. The van der Waals surface area contributed by atoms with E-state index in [1.807, 2.05) is 6.07 Å². The highest BCUT2D eigenvalue weighted by atomic mass is 32.2. The molecular formula is C11H16N2O3S. The molecule has 0 atom stereocenters. The van der Waals surface area contributed by atoms with Gasteiger partial charge in [-0.05, 0) is 24.1 Å². The number of rotatable bonds is 5. The number of benzene rings is 1. The maximum absolute atomic E-state index is 11.4. The summed E-state index contributed by atoms with van der Waals surface area (Å²) in [7, 11) is -1.59.